The Labute approximate surface area is 195 Å². The molecule has 0 atom stereocenters. The summed E-state index contributed by atoms with van der Waals surface area (Å²) in [7, 11) is -9.94. The van der Waals surface area contributed by atoms with E-state index in [2.05, 4.69) is 0 Å². The third-order valence-corrected chi connectivity index (χ3v) is 5.16. The maximum atomic E-state index is 11.6. The standard InChI is InChI=1S/C14H14N2O6S2.2Na/c15-12(9-5-2-1-3-6-9)13(16)10-7-4-8-11(23(17,18)19)14(10)24(20,21)22;;/h1-8H,15-16H2,(H,17,18,19)(H,20,21,22);;. The number of hydrogen-bond donors (Lipinski definition) is 4. The number of nitrogens with two attached hydrogens (primary N) is 2. The van der Waals surface area contributed by atoms with Crippen molar-refractivity contribution in [3.05, 3.63) is 59.7 Å². The first kappa shape index (κ1) is 25.6. The van der Waals surface area contributed by atoms with Gasteiger partial charge in [-0.1, -0.05) is 42.5 Å². The zero-order chi connectivity index (χ0) is 18.1. The minimum absolute atomic E-state index is 0. The third-order valence-electron chi connectivity index (χ3n) is 3.18. The Morgan fingerprint density at radius 1 is 0.731 bits per heavy atom. The van der Waals surface area contributed by atoms with Crippen LogP contribution in [0.4, 0.5) is 0 Å². The van der Waals surface area contributed by atoms with Gasteiger partial charge in [-0.2, -0.15) is 16.8 Å². The van der Waals surface area contributed by atoms with Gasteiger partial charge in [0.1, 0.15) is 9.79 Å². The monoisotopic (exact) mass is 416 g/mol. The fraction of sp³-hybridized carbons (Fsp3) is 0. The summed E-state index contributed by atoms with van der Waals surface area (Å²) >= 11 is 0. The Kier molecular flexibility index (Phi) is 9.54. The molecule has 0 bridgehead atoms. The van der Waals surface area contributed by atoms with Crippen molar-refractivity contribution >= 4 is 90.7 Å². The molecule has 0 spiro atoms. The van der Waals surface area contributed by atoms with Crippen LogP contribution in [-0.4, -0.2) is 85.1 Å². The summed E-state index contributed by atoms with van der Waals surface area (Å²) in [5.41, 5.74) is 11.6. The van der Waals surface area contributed by atoms with Gasteiger partial charge < -0.3 is 11.5 Å². The molecule has 2 aromatic carbocycles. The molecule has 2 rings (SSSR count). The first-order valence-corrected chi connectivity index (χ1v) is 9.30. The third kappa shape index (κ3) is 5.80. The average molecular weight is 416 g/mol. The van der Waals surface area contributed by atoms with Crippen molar-refractivity contribution in [1.82, 2.24) is 0 Å². The first-order chi connectivity index (χ1) is 11.0. The summed E-state index contributed by atoms with van der Waals surface area (Å²) < 4.78 is 64.7. The number of hydrogen-bond acceptors (Lipinski definition) is 6. The van der Waals surface area contributed by atoms with Crippen LogP contribution >= 0.6 is 0 Å². The zero-order valence-corrected chi connectivity index (χ0v) is 19.8. The van der Waals surface area contributed by atoms with Gasteiger partial charge in [-0.05, 0) is 11.6 Å². The normalized spacial score (nSPS) is 12.4. The maximum Gasteiger partial charge on any atom is 0.296 e. The van der Waals surface area contributed by atoms with E-state index in [4.69, 9.17) is 11.5 Å². The van der Waals surface area contributed by atoms with E-state index in [1.165, 1.54) is 6.07 Å². The van der Waals surface area contributed by atoms with Crippen LogP contribution in [0.5, 0.6) is 0 Å². The van der Waals surface area contributed by atoms with Crippen molar-refractivity contribution in [2.75, 3.05) is 0 Å². The largest absolute Gasteiger partial charge is 0.397 e. The van der Waals surface area contributed by atoms with Crippen molar-refractivity contribution in [2.24, 2.45) is 11.5 Å². The molecule has 2 radical (unpaired) electrons. The van der Waals surface area contributed by atoms with E-state index >= 15 is 0 Å². The molecule has 6 N–H and O–H groups in total. The van der Waals surface area contributed by atoms with Gasteiger partial charge in [-0.25, -0.2) is 0 Å². The van der Waals surface area contributed by atoms with Gasteiger partial charge in [0.15, 0.2) is 0 Å². The Hall–Kier alpha value is -0.400. The summed E-state index contributed by atoms with van der Waals surface area (Å²) in [4.78, 5) is -2.03. The second-order valence-electron chi connectivity index (χ2n) is 4.78. The topological polar surface area (TPSA) is 161 Å². The van der Waals surface area contributed by atoms with E-state index in [0.29, 0.717) is 5.56 Å². The first-order valence-electron chi connectivity index (χ1n) is 6.42. The molecule has 8 nitrogen and oxygen atoms in total. The van der Waals surface area contributed by atoms with E-state index in [1.807, 2.05) is 0 Å². The second-order valence-corrected chi connectivity index (χ2v) is 7.52. The van der Waals surface area contributed by atoms with Crippen LogP contribution in [0.1, 0.15) is 11.1 Å². The molecular weight excluding hydrogens is 402 g/mol. The van der Waals surface area contributed by atoms with Gasteiger partial charge in [0, 0.05) is 64.7 Å². The molecule has 0 amide bonds. The maximum absolute atomic E-state index is 11.6. The van der Waals surface area contributed by atoms with Crippen molar-refractivity contribution in [1.29, 1.82) is 0 Å². The van der Waals surface area contributed by atoms with Gasteiger partial charge in [-0.3, -0.25) is 9.11 Å². The fourth-order valence-electron chi connectivity index (χ4n) is 2.12. The smallest absolute Gasteiger partial charge is 0.296 e. The van der Waals surface area contributed by atoms with E-state index in [-0.39, 0.29) is 76.1 Å². The van der Waals surface area contributed by atoms with Crippen LogP contribution in [0.15, 0.2) is 58.3 Å². The van der Waals surface area contributed by atoms with E-state index in [9.17, 15) is 25.9 Å². The molecule has 130 valence electrons. The van der Waals surface area contributed by atoms with E-state index in [0.717, 1.165) is 12.1 Å². The summed E-state index contributed by atoms with van der Waals surface area (Å²) in [5.74, 6) is 0. The SMILES string of the molecule is NC(=C(N)c1cccc(S(=O)(=O)O)c1S(=O)(=O)O)c1ccccc1.[Na].[Na]. The minimum atomic E-state index is -5.02. The predicted octanol–water partition coefficient (Wildman–Crippen LogP) is 0.162. The molecule has 0 saturated heterocycles. The summed E-state index contributed by atoms with van der Waals surface area (Å²) in [6, 6.07) is 11.5. The number of rotatable bonds is 4. The summed E-state index contributed by atoms with van der Waals surface area (Å²) in [6.07, 6.45) is 0. The minimum Gasteiger partial charge on any atom is -0.397 e. The van der Waals surface area contributed by atoms with Crippen LogP contribution in [0.2, 0.25) is 0 Å². The summed E-state index contributed by atoms with van der Waals surface area (Å²) in [6.45, 7) is 0. The molecule has 2 aromatic rings. The second kappa shape index (κ2) is 9.69. The van der Waals surface area contributed by atoms with Crippen molar-refractivity contribution in [3.8, 4) is 0 Å². The molecule has 12 heteroatoms. The molecule has 0 fully saturated rings. The van der Waals surface area contributed by atoms with E-state index in [1.54, 1.807) is 30.3 Å². The molecule has 0 aliphatic heterocycles. The van der Waals surface area contributed by atoms with Crippen LogP contribution in [0, 0.1) is 0 Å². The van der Waals surface area contributed by atoms with Gasteiger partial charge >= 0.3 is 0 Å². The molecule has 26 heavy (non-hydrogen) atoms. The Balaban J connectivity index is 0.00000312. The zero-order valence-electron chi connectivity index (χ0n) is 14.1. The molecule has 0 unspecified atom stereocenters. The van der Waals surface area contributed by atoms with Crippen molar-refractivity contribution in [3.63, 3.8) is 0 Å². The van der Waals surface area contributed by atoms with Crippen molar-refractivity contribution < 1.29 is 25.9 Å². The Bertz CT molecular complexity index is 1020. The molecule has 0 aromatic heterocycles. The van der Waals surface area contributed by atoms with Gasteiger partial charge in [0.2, 0.25) is 0 Å². The number of benzene rings is 2. The molecule has 0 saturated carbocycles. The van der Waals surface area contributed by atoms with Crippen LogP contribution in [0.25, 0.3) is 11.4 Å². The van der Waals surface area contributed by atoms with Crippen molar-refractivity contribution in [2.45, 2.75) is 9.79 Å². The molecule has 0 aliphatic carbocycles. The van der Waals surface area contributed by atoms with Gasteiger partial charge in [0.05, 0.1) is 11.4 Å². The average Bonchev–Trinajstić information content (AvgIpc) is 2.52. The van der Waals surface area contributed by atoms with Gasteiger partial charge in [0.25, 0.3) is 20.2 Å². The van der Waals surface area contributed by atoms with E-state index < -0.39 is 30.0 Å². The molecular formula is C14H14N2Na2O6S2. The molecule has 0 heterocycles. The van der Waals surface area contributed by atoms with Crippen LogP contribution in [-0.2, 0) is 20.2 Å². The fourth-order valence-corrected chi connectivity index (χ4v) is 4.12. The van der Waals surface area contributed by atoms with Gasteiger partial charge in [-0.15, -0.1) is 0 Å². The Morgan fingerprint density at radius 3 is 1.73 bits per heavy atom. The predicted molar refractivity (Wildman–Crippen MR) is 99.2 cm³/mol. The summed E-state index contributed by atoms with van der Waals surface area (Å²) in [5, 5.41) is 0. The Morgan fingerprint density at radius 2 is 1.27 bits per heavy atom. The van der Waals surface area contributed by atoms with Crippen LogP contribution < -0.4 is 11.5 Å². The molecule has 0 aliphatic rings. The quantitative estimate of drug-likeness (QED) is 0.311. The van der Waals surface area contributed by atoms with Crippen LogP contribution in [0.3, 0.4) is 0 Å².